The first kappa shape index (κ1) is 24.5. The minimum absolute atomic E-state index is 0.0492. The Bertz CT molecular complexity index is 1570. The van der Waals surface area contributed by atoms with E-state index in [4.69, 9.17) is 4.74 Å². The number of aliphatic hydroxyl groups excluding tert-OH is 1. The Morgan fingerprint density at radius 2 is 1.76 bits per heavy atom. The lowest BCUT2D eigenvalue weighted by atomic mass is 9.93. The highest BCUT2D eigenvalue weighted by molar-refractivity contribution is 7.22. The molecule has 1 aliphatic heterocycles. The largest absolute Gasteiger partial charge is 0.507 e. The number of ether oxygens (including phenoxy) is 1. The third-order valence-electron chi connectivity index (χ3n) is 6.61. The summed E-state index contributed by atoms with van der Waals surface area (Å²) in [5.41, 5.74) is 4.70. The molecule has 1 aliphatic rings. The second-order valence-corrected chi connectivity index (χ2v) is 10.3. The van der Waals surface area contributed by atoms with Gasteiger partial charge in [0.05, 0.1) is 28.9 Å². The van der Waals surface area contributed by atoms with Crippen LogP contribution in [0.25, 0.3) is 16.0 Å². The van der Waals surface area contributed by atoms with Crippen molar-refractivity contribution in [2.45, 2.75) is 19.9 Å². The summed E-state index contributed by atoms with van der Waals surface area (Å²) in [5, 5.41) is 11.9. The molecule has 37 heavy (non-hydrogen) atoms. The van der Waals surface area contributed by atoms with Crippen LogP contribution in [0.4, 0.5) is 10.8 Å². The van der Waals surface area contributed by atoms with Crippen LogP contribution >= 0.6 is 11.3 Å². The summed E-state index contributed by atoms with van der Waals surface area (Å²) in [4.78, 5) is 35.1. The third-order valence-corrected chi connectivity index (χ3v) is 7.63. The molecule has 0 saturated carbocycles. The van der Waals surface area contributed by atoms with Crippen molar-refractivity contribution in [2.24, 2.45) is 0 Å². The summed E-state index contributed by atoms with van der Waals surface area (Å²) in [5.74, 6) is -0.974. The minimum Gasteiger partial charge on any atom is -0.507 e. The second-order valence-electron chi connectivity index (χ2n) is 9.30. The van der Waals surface area contributed by atoms with Crippen molar-refractivity contribution < 1.29 is 19.4 Å². The number of aryl methyl sites for hydroxylation is 2. The molecule has 5 rings (SSSR count). The van der Waals surface area contributed by atoms with Crippen LogP contribution in [0.1, 0.15) is 28.3 Å². The van der Waals surface area contributed by atoms with Gasteiger partial charge in [0, 0.05) is 25.3 Å². The standard InChI is InChI=1S/C29H27N3O4S/c1-16-6-7-17(2)21(14-16)26(33)24-25(18-8-10-19(11-9-18)31(3)4)32(28(35)27(24)34)29-30-22-13-12-20(36-5)15-23(22)37-29/h6-15,25,33H,1-5H3. The lowest BCUT2D eigenvalue weighted by Gasteiger charge is -2.24. The number of hydrogen-bond donors (Lipinski definition) is 1. The molecule has 1 amide bonds. The number of thiazole rings is 1. The molecule has 0 aliphatic carbocycles. The molecule has 1 N–H and O–H groups in total. The summed E-state index contributed by atoms with van der Waals surface area (Å²) in [6.07, 6.45) is 0. The fourth-order valence-electron chi connectivity index (χ4n) is 4.56. The Balaban J connectivity index is 1.73. The van der Waals surface area contributed by atoms with E-state index in [1.807, 2.05) is 87.4 Å². The molecule has 8 heteroatoms. The summed E-state index contributed by atoms with van der Waals surface area (Å²) >= 11 is 1.30. The van der Waals surface area contributed by atoms with E-state index in [1.54, 1.807) is 13.2 Å². The predicted octanol–water partition coefficient (Wildman–Crippen LogP) is 5.61. The van der Waals surface area contributed by atoms with Gasteiger partial charge in [-0.15, -0.1) is 0 Å². The van der Waals surface area contributed by atoms with Gasteiger partial charge in [0.25, 0.3) is 5.78 Å². The Hall–Kier alpha value is -4.17. The maximum atomic E-state index is 13.5. The quantitative estimate of drug-likeness (QED) is 0.212. The lowest BCUT2D eigenvalue weighted by molar-refractivity contribution is -0.132. The number of amides is 1. The Morgan fingerprint density at radius 1 is 1.03 bits per heavy atom. The molecule has 188 valence electrons. The molecule has 1 atom stereocenters. The van der Waals surface area contributed by atoms with Crippen LogP contribution in [-0.2, 0) is 9.59 Å². The summed E-state index contributed by atoms with van der Waals surface area (Å²) in [6, 6.07) is 17.9. The van der Waals surface area contributed by atoms with Gasteiger partial charge >= 0.3 is 5.91 Å². The smallest absolute Gasteiger partial charge is 0.301 e. The van der Waals surface area contributed by atoms with Crippen LogP contribution in [-0.4, -0.2) is 43.0 Å². The molecule has 3 aromatic carbocycles. The zero-order chi connectivity index (χ0) is 26.4. The number of ketones is 1. The molecule has 1 fully saturated rings. The molecule has 0 spiro atoms. The van der Waals surface area contributed by atoms with Crippen molar-refractivity contribution in [3.05, 3.63) is 88.5 Å². The lowest BCUT2D eigenvalue weighted by Crippen LogP contribution is -2.29. The van der Waals surface area contributed by atoms with E-state index in [0.29, 0.717) is 27.5 Å². The van der Waals surface area contributed by atoms with Crippen molar-refractivity contribution >= 4 is 49.8 Å². The van der Waals surface area contributed by atoms with Crippen molar-refractivity contribution in [3.8, 4) is 5.75 Å². The maximum absolute atomic E-state index is 13.5. The highest BCUT2D eigenvalue weighted by Gasteiger charge is 2.48. The van der Waals surface area contributed by atoms with Gasteiger partial charge in [-0.2, -0.15) is 0 Å². The number of hydrogen-bond acceptors (Lipinski definition) is 7. The van der Waals surface area contributed by atoms with Crippen LogP contribution in [0.15, 0.2) is 66.2 Å². The monoisotopic (exact) mass is 513 g/mol. The molecule has 1 aromatic heterocycles. The summed E-state index contributed by atoms with van der Waals surface area (Å²) in [7, 11) is 5.47. The van der Waals surface area contributed by atoms with Crippen LogP contribution in [0.3, 0.4) is 0 Å². The van der Waals surface area contributed by atoms with E-state index < -0.39 is 17.7 Å². The van der Waals surface area contributed by atoms with Crippen molar-refractivity contribution in [1.82, 2.24) is 4.98 Å². The first-order valence-electron chi connectivity index (χ1n) is 11.8. The number of rotatable bonds is 5. The topological polar surface area (TPSA) is 83.0 Å². The predicted molar refractivity (Wildman–Crippen MR) is 148 cm³/mol. The molecule has 2 heterocycles. The van der Waals surface area contributed by atoms with Crippen LogP contribution in [0.5, 0.6) is 5.75 Å². The number of carbonyl (C=O) groups is 2. The molecular formula is C29H27N3O4S. The van der Waals surface area contributed by atoms with E-state index in [9.17, 15) is 14.7 Å². The van der Waals surface area contributed by atoms with Crippen LogP contribution in [0, 0.1) is 13.8 Å². The van der Waals surface area contributed by atoms with Crippen molar-refractivity contribution in [3.63, 3.8) is 0 Å². The molecular weight excluding hydrogens is 486 g/mol. The van der Waals surface area contributed by atoms with Crippen molar-refractivity contribution in [2.75, 3.05) is 31.0 Å². The summed E-state index contributed by atoms with van der Waals surface area (Å²) < 4.78 is 6.16. The number of benzene rings is 3. The van der Waals surface area contributed by atoms with E-state index in [0.717, 1.165) is 21.5 Å². The first-order valence-corrected chi connectivity index (χ1v) is 12.6. The summed E-state index contributed by atoms with van der Waals surface area (Å²) in [6.45, 7) is 3.79. The van der Waals surface area contributed by atoms with Gasteiger partial charge in [-0.1, -0.05) is 41.2 Å². The third kappa shape index (κ3) is 4.23. The number of methoxy groups -OCH3 is 1. The molecule has 4 aromatic rings. The van der Waals surface area contributed by atoms with Gasteiger partial charge in [-0.05, 0) is 61.4 Å². The fraction of sp³-hybridized carbons (Fsp3) is 0.207. The van der Waals surface area contributed by atoms with Crippen LogP contribution in [0.2, 0.25) is 0 Å². The van der Waals surface area contributed by atoms with Crippen molar-refractivity contribution in [1.29, 1.82) is 0 Å². The Morgan fingerprint density at radius 3 is 2.43 bits per heavy atom. The first-order chi connectivity index (χ1) is 17.7. The van der Waals surface area contributed by atoms with Gasteiger partial charge in [0.2, 0.25) is 0 Å². The number of nitrogens with zero attached hydrogens (tertiary/aromatic N) is 3. The maximum Gasteiger partial charge on any atom is 0.301 e. The highest BCUT2D eigenvalue weighted by atomic mass is 32.1. The average molecular weight is 514 g/mol. The van der Waals surface area contributed by atoms with E-state index in [-0.39, 0.29) is 11.3 Å². The fourth-order valence-corrected chi connectivity index (χ4v) is 5.58. The van der Waals surface area contributed by atoms with Gasteiger partial charge in [-0.3, -0.25) is 14.5 Å². The molecule has 7 nitrogen and oxygen atoms in total. The number of aromatic nitrogens is 1. The Labute approximate surface area is 219 Å². The number of carbonyl (C=O) groups excluding carboxylic acids is 2. The second kappa shape index (κ2) is 9.37. The zero-order valence-electron chi connectivity index (χ0n) is 21.3. The number of aliphatic hydroxyl groups is 1. The molecule has 1 unspecified atom stereocenters. The molecule has 0 radical (unpaired) electrons. The van der Waals surface area contributed by atoms with Gasteiger partial charge < -0.3 is 14.7 Å². The zero-order valence-corrected chi connectivity index (χ0v) is 22.1. The van der Waals surface area contributed by atoms with Gasteiger partial charge in [0.1, 0.15) is 11.5 Å². The van der Waals surface area contributed by atoms with Crippen LogP contribution < -0.4 is 14.5 Å². The number of anilines is 2. The Kier molecular flexibility index (Phi) is 6.21. The number of fused-ring (bicyclic) bond motifs is 1. The highest BCUT2D eigenvalue weighted by Crippen LogP contribution is 2.45. The normalized spacial score (nSPS) is 17.0. The number of Topliss-reactive ketones (excluding diaryl/α,β-unsaturated/α-hetero) is 1. The van der Waals surface area contributed by atoms with E-state index in [2.05, 4.69) is 4.98 Å². The van der Waals surface area contributed by atoms with Gasteiger partial charge in [0.15, 0.2) is 5.13 Å². The SMILES string of the molecule is COc1ccc2nc(N3C(=O)C(=O)C(=C(O)c4cc(C)ccc4C)C3c3ccc(N(C)C)cc3)sc2c1. The molecule has 0 bridgehead atoms. The minimum atomic E-state index is -0.835. The van der Waals surface area contributed by atoms with E-state index >= 15 is 0 Å². The average Bonchev–Trinajstić information content (AvgIpc) is 3.42. The van der Waals surface area contributed by atoms with E-state index in [1.165, 1.54) is 16.2 Å². The van der Waals surface area contributed by atoms with Gasteiger partial charge in [-0.25, -0.2) is 4.98 Å². The molecule has 1 saturated heterocycles.